The molecule has 0 bridgehead atoms. The van der Waals surface area contributed by atoms with Gasteiger partial charge in [0.05, 0.1) is 28.8 Å². The predicted molar refractivity (Wildman–Crippen MR) is 115 cm³/mol. The second-order valence-electron chi connectivity index (χ2n) is 7.59. The summed E-state index contributed by atoms with van der Waals surface area (Å²) in [4.78, 5) is 12.7. The van der Waals surface area contributed by atoms with Crippen LogP contribution < -0.4 is 10.1 Å². The van der Waals surface area contributed by atoms with Crippen LogP contribution in [0.5, 0.6) is 5.75 Å². The average Bonchev–Trinajstić information content (AvgIpc) is 2.74. The lowest BCUT2D eigenvalue weighted by atomic mass is 10.0. The number of amides is 1. The molecule has 2 aromatic carbocycles. The van der Waals surface area contributed by atoms with Gasteiger partial charge in [-0.05, 0) is 55.2 Å². The zero-order valence-corrected chi connectivity index (χ0v) is 18.9. The summed E-state index contributed by atoms with van der Waals surface area (Å²) in [6.07, 6.45) is -3.31. The first-order chi connectivity index (χ1) is 14.9. The Morgan fingerprint density at radius 3 is 2.41 bits per heavy atom. The number of hydrogen-bond acceptors (Lipinski definition) is 4. The van der Waals surface area contributed by atoms with Gasteiger partial charge in [0.25, 0.3) is 5.91 Å². The van der Waals surface area contributed by atoms with Gasteiger partial charge in [0, 0.05) is 18.1 Å². The molecule has 174 valence electrons. The fourth-order valence-electron chi connectivity index (χ4n) is 3.45. The number of methoxy groups -OCH3 is 1. The van der Waals surface area contributed by atoms with Crippen LogP contribution in [0.4, 0.5) is 18.9 Å². The standard InChI is InChI=1S/C21H22ClF3N2O4S/c1-13-7-9-27(10-8-13)32(29,30)15-4-6-19(31-2)16(12-15)20(28)26-18-5-3-14(22)11-17(18)21(23,24)25/h3-6,11-13H,7-10H2,1-2H3,(H,26,28). The Morgan fingerprint density at radius 1 is 1.16 bits per heavy atom. The SMILES string of the molecule is COc1ccc(S(=O)(=O)N2CCC(C)CC2)cc1C(=O)Nc1ccc(Cl)cc1C(F)(F)F. The molecule has 6 nitrogen and oxygen atoms in total. The molecule has 0 saturated carbocycles. The molecule has 0 aliphatic carbocycles. The number of sulfonamides is 1. The molecule has 11 heteroatoms. The first-order valence-corrected chi connectivity index (χ1v) is 11.6. The van der Waals surface area contributed by atoms with Gasteiger partial charge in [0.2, 0.25) is 10.0 Å². The van der Waals surface area contributed by atoms with Crippen molar-refractivity contribution in [2.45, 2.75) is 30.8 Å². The lowest BCUT2D eigenvalue weighted by Crippen LogP contribution is -2.38. The summed E-state index contributed by atoms with van der Waals surface area (Å²) in [6.45, 7) is 2.76. The Kier molecular flexibility index (Phi) is 7.06. The van der Waals surface area contributed by atoms with Crippen molar-refractivity contribution in [2.24, 2.45) is 5.92 Å². The molecule has 1 aliphatic rings. The second-order valence-corrected chi connectivity index (χ2v) is 9.96. The van der Waals surface area contributed by atoms with Gasteiger partial charge in [-0.2, -0.15) is 17.5 Å². The van der Waals surface area contributed by atoms with Crippen LogP contribution in [0, 0.1) is 5.92 Å². The minimum atomic E-state index is -4.76. The van der Waals surface area contributed by atoms with Gasteiger partial charge in [-0.25, -0.2) is 8.42 Å². The fourth-order valence-corrected chi connectivity index (χ4v) is 5.12. The number of benzene rings is 2. The highest BCUT2D eigenvalue weighted by Gasteiger charge is 2.35. The van der Waals surface area contributed by atoms with E-state index in [-0.39, 0.29) is 21.2 Å². The number of halogens is 4. The smallest absolute Gasteiger partial charge is 0.418 e. The number of hydrogen-bond donors (Lipinski definition) is 1. The third kappa shape index (κ3) is 5.19. The molecule has 0 unspecified atom stereocenters. The highest BCUT2D eigenvalue weighted by molar-refractivity contribution is 7.89. The second kappa shape index (κ2) is 9.29. The first-order valence-electron chi connectivity index (χ1n) is 9.79. The topological polar surface area (TPSA) is 75.7 Å². The Morgan fingerprint density at radius 2 is 1.81 bits per heavy atom. The quantitative estimate of drug-likeness (QED) is 0.637. The van der Waals surface area contributed by atoms with Crippen molar-refractivity contribution in [3.8, 4) is 5.75 Å². The van der Waals surface area contributed by atoms with Crippen molar-refractivity contribution >= 4 is 33.2 Å². The van der Waals surface area contributed by atoms with Crippen LogP contribution in [0.15, 0.2) is 41.3 Å². The van der Waals surface area contributed by atoms with Crippen LogP contribution in [0.3, 0.4) is 0 Å². The molecule has 2 aromatic rings. The van der Waals surface area contributed by atoms with E-state index in [9.17, 15) is 26.4 Å². The molecule has 0 radical (unpaired) electrons. The van der Waals surface area contributed by atoms with Crippen molar-refractivity contribution in [1.82, 2.24) is 4.31 Å². The summed E-state index contributed by atoms with van der Waals surface area (Å²) >= 11 is 5.67. The Hall–Kier alpha value is -2.30. The van der Waals surface area contributed by atoms with E-state index in [1.54, 1.807) is 0 Å². The Balaban J connectivity index is 1.95. The number of nitrogens with one attached hydrogen (secondary N) is 1. The van der Waals surface area contributed by atoms with E-state index in [2.05, 4.69) is 5.32 Å². The minimum Gasteiger partial charge on any atom is -0.496 e. The molecule has 1 aliphatic heterocycles. The largest absolute Gasteiger partial charge is 0.496 e. The molecule has 1 amide bonds. The summed E-state index contributed by atoms with van der Waals surface area (Å²) < 4.78 is 72.6. The van der Waals surface area contributed by atoms with Crippen molar-refractivity contribution in [1.29, 1.82) is 0 Å². The van der Waals surface area contributed by atoms with E-state index in [0.717, 1.165) is 25.0 Å². The molecule has 0 aromatic heterocycles. The molecule has 3 rings (SSSR count). The summed E-state index contributed by atoms with van der Waals surface area (Å²) in [5.41, 5.74) is -1.84. The van der Waals surface area contributed by atoms with Gasteiger partial charge in [-0.1, -0.05) is 18.5 Å². The average molecular weight is 491 g/mol. The third-order valence-electron chi connectivity index (χ3n) is 5.33. The highest BCUT2D eigenvalue weighted by Crippen LogP contribution is 2.37. The van der Waals surface area contributed by atoms with Crippen LogP contribution >= 0.6 is 11.6 Å². The van der Waals surface area contributed by atoms with Crippen LogP contribution in [0.25, 0.3) is 0 Å². The molecule has 1 saturated heterocycles. The number of carbonyl (C=O) groups excluding carboxylic acids is 1. The van der Waals surface area contributed by atoms with Gasteiger partial charge in [0.1, 0.15) is 5.75 Å². The third-order valence-corrected chi connectivity index (χ3v) is 7.46. The van der Waals surface area contributed by atoms with Gasteiger partial charge in [-0.3, -0.25) is 4.79 Å². The Labute approximate surface area is 189 Å². The maximum Gasteiger partial charge on any atom is 0.418 e. The van der Waals surface area contributed by atoms with Crippen LogP contribution in [-0.2, 0) is 16.2 Å². The van der Waals surface area contributed by atoms with E-state index in [0.29, 0.717) is 25.1 Å². The van der Waals surface area contributed by atoms with Crippen molar-refractivity contribution in [2.75, 3.05) is 25.5 Å². The molecule has 1 N–H and O–H groups in total. The van der Waals surface area contributed by atoms with Gasteiger partial charge in [-0.15, -0.1) is 0 Å². The molecule has 0 atom stereocenters. The number of alkyl halides is 3. The number of piperidine rings is 1. The van der Waals surface area contributed by atoms with E-state index in [1.807, 2.05) is 6.92 Å². The van der Waals surface area contributed by atoms with Crippen LogP contribution in [0.2, 0.25) is 5.02 Å². The fraction of sp³-hybridized carbons (Fsp3) is 0.381. The molecular weight excluding hydrogens is 469 g/mol. The number of anilines is 1. The summed E-state index contributed by atoms with van der Waals surface area (Å²) in [5.74, 6) is -0.504. The van der Waals surface area contributed by atoms with Gasteiger partial charge >= 0.3 is 6.18 Å². The normalized spacial score (nSPS) is 16.1. The molecular formula is C21H22ClF3N2O4S. The molecule has 32 heavy (non-hydrogen) atoms. The number of ether oxygens (including phenoxy) is 1. The van der Waals surface area contributed by atoms with E-state index in [1.165, 1.54) is 29.6 Å². The van der Waals surface area contributed by atoms with Gasteiger partial charge < -0.3 is 10.1 Å². The molecule has 0 spiro atoms. The minimum absolute atomic E-state index is 0.0243. The number of nitrogens with zero attached hydrogens (tertiary/aromatic N) is 1. The molecule has 1 heterocycles. The van der Waals surface area contributed by atoms with Crippen molar-refractivity contribution < 1.29 is 31.1 Å². The number of carbonyl (C=O) groups is 1. The van der Waals surface area contributed by atoms with Crippen LogP contribution in [0.1, 0.15) is 35.7 Å². The van der Waals surface area contributed by atoms with E-state index >= 15 is 0 Å². The lowest BCUT2D eigenvalue weighted by Gasteiger charge is -2.29. The van der Waals surface area contributed by atoms with Crippen molar-refractivity contribution in [3.63, 3.8) is 0 Å². The van der Waals surface area contributed by atoms with E-state index in [4.69, 9.17) is 16.3 Å². The number of rotatable bonds is 5. The zero-order chi connectivity index (χ0) is 23.7. The predicted octanol–water partition coefficient (Wildman–Crippen LogP) is 5.04. The van der Waals surface area contributed by atoms with Crippen LogP contribution in [-0.4, -0.2) is 38.8 Å². The summed E-state index contributed by atoms with van der Waals surface area (Å²) in [6, 6.07) is 6.68. The maximum atomic E-state index is 13.4. The first kappa shape index (κ1) is 24.3. The van der Waals surface area contributed by atoms with Crippen molar-refractivity contribution in [3.05, 3.63) is 52.5 Å². The summed E-state index contributed by atoms with van der Waals surface area (Å²) in [7, 11) is -2.60. The zero-order valence-electron chi connectivity index (χ0n) is 17.4. The monoisotopic (exact) mass is 490 g/mol. The Bertz CT molecular complexity index is 1110. The maximum absolute atomic E-state index is 13.4. The highest BCUT2D eigenvalue weighted by atomic mass is 35.5. The summed E-state index contributed by atoms with van der Waals surface area (Å²) in [5, 5.41) is 2.05. The van der Waals surface area contributed by atoms with Gasteiger partial charge in [0.15, 0.2) is 0 Å². The molecule has 1 fully saturated rings. The van der Waals surface area contributed by atoms with E-state index < -0.39 is 33.4 Å². The lowest BCUT2D eigenvalue weighted by molar-refractivity contribution is -0.136.